The molecule has 0 saturated carbocycles. The molecule has 612 valence electrons. The van der Waals surface area contributed by atoms with Crippen molar-refractivity contribution in [2.24, 2.45) is 53.1 Å². The number of phenols is 2. The van der Waals surface area contributed by atoms with Crippen LogP contribution in [0.1, 0.15) is 266 Å². The summed E-state index contributed by atoms with van der Waals surface area (Å²) in [6.45, 7) is 29.0. The van der Waals surface area contributed by atoms with Crippen LogP contribution in [0, 0.1) is 47.3 Å². The number of Topliss-reactive ketones (excluding diaryl/α,β-unsaturated/α-hetero) is 3. The molecule has 25 heteroatoms. The summed E-state index contributed by atoms with van der Waals surface area (Å²) in [5.41, 5.74) is 7.98. The number of likely N-dealkylation sites (tertiary alicyclic amines) is 2. The minimum absolute atomic E-state index is 0.0118. The molecule has 0 aliphatic carbocycles. The van der Waals surface area contributed by atoms with E-state index in [-0.39, 0.29) is 205 Å². The molecule has 4 amide bonds. The number of carbonyl (C=O) groups excluding carboxylic acids is 10. The number of nitrogens with one attached hydrogen (secondary N) is 2. The second-order valence-electron chi connectivity index (χ2n) is 32.0. The number of esters is 2. The Labute approximate surface area is 663 Å². The molecule has 110 heavy (non-hydrogen) atoms. The van der Waals surface area contributed by atoms with E-state index in [1.807, 2.05) is 104 Å². The fourth-order valence-electron chi connectivity index (χ4n) is 14.9. The number of nitrogens with zero attached hydrogens (tertiary/aromatic N) is 6. The molecule has 2 aromatic heterocycles. The Morgan fingerprint density at radius 2 is 0.955 bits per heavy atom. The van der Waals surface area contributed by atoms with Gasteiger partial charge in [-0.3, -0.25) is 53.0 Å². The van der Waals surface area contributed by atoms with Crippen LogP contribution in [0.4, 0.5) is 0 Å². The molecule has 2 aliphatic rings. The van der Waals surface area contributed by atoms with Crippen LogP contribution in [0.15, 0.2) is 59.3 Å². The first kappa shape index (κ1) is 93.3. The molecule has 6 N–H and O–H groups in total. The first-order chi connectivity index (χ1) is 52.3. The Hall–Kier alpha value is -7.32. The normalized spacial score (nSPS) is 18.1. The third kappa shape index (κ3) is 29.3. The number of amides is 4. The summed E-state index contributed by atoms with van der Waals surface area (Å²) in [5, 5.41) is 30.5. The molecule has 2 aliphatic heterocycles. The molecule has 0 spiro atoms. The minimum Gasteiger partial charge on any atom is -0.508 e. The Kier molecular flexibility index (Phi) is 40.1. The standard InChI is InChI=1S/C43H67N5O7S.C42H64N4O7S/c1-9-13-40(52)55-26-48(43(54)34(28(5)10-2)23-38(50)36-14-11-12-19-47(36)8)37(27(3)4)21-30(7)42-46-35(25-56-42)41(53)45-32(20-29(6)39(51)24-44)22-31-15-17-33(49)18-16-31;1-9-13-39(50)53-26-46(42(52)34(29(6)10-2)23-38(49)36-14-11-12-19-45(36)8)37(27(3)4)21-30(7)41-44-35(25-54-41)40(51)43-32(20-28(5)24-47)22-31-15-17-33(48)18-16-31/h15-18,25,27-30,32,34,36-37,49H,9-14,19-24,26,44H2,1-8H3,(H,45,53);15-18,24-25,27-30,32,34,36-37,48H,9-14,19-23,26H2,1-8H3,(H,43,51)/t28?,29-,30+,32+,34-,36+,37+;28-,29?,30+,32+,34-,36+,37+/m00/s1. The summed E-state index contributed by atoms with van der Waals surface area (Å²) in [6.07, 6.45) is 12.8. The Morgan fingerprint density at radius 1 is 0.573 bits per heavy atom. The lowest BCUT2D eigenvalue weighted by Gasteiger charge is -2.39. The van der Waals surface area contributed by atoms with Crippen molar-refractivity contribution in [3.05, 3.63) is 91.8 Å². The molecule has 2 fully saturated rings. The smallest absolute Gasteiger partial charge is 0.307 e. The fourth-order valence-corrected chi connectivity index (χ4v) is 16.6. The van der Waals surface area contributed by atoms with Gasteiger partial charge in [-0.1, -0.05) is 147 Å². The number of piperidine rings is 2. The number of ether oxygens (including phenoxy) is 2. The number of hydrogen-bond donors (Lipinski definition) is 5. The van der Waals surface area contributed by atoms with Gasteiger partial charge in [-0.2, -0.15) is 0 Å². The molecular formula is C85H131N9O14S2. The van der Waals surface area contributed by atoms with E-state index in [9.17, 15) is 58.2 Å². The molecule has 14 atom stereocenters. The summed E-state index contributed by atoms with van der Waals surface area (Å²) in [5.74, 6) is -3.59. The topological polar surface area (TPSA) is 318 Å². The number of likely N-dealkylation sites (N-methyl/N-ethyl adjacent to an activating group) is 2. The van der Waals surface area contributed by atoms with Crippen molar-refractivity contribution in [3.63, 3.8) is 0 Å². The molecule has 0 bridgehead atoms. The van der Waals surface area contributed by atoms with Gasteiger partial charge < -0.3 is 50.6 Å². The van der Waals surface area contributed by atoms with Crippen molar-refractivity contribution < 1.29 is 67.6 Å². The van der Waals surface area contributed by atoms with Crippen LogP contribution < -0.4 is 16.4 Å². The second kappa shape index (κ2) is 47.3. The van der Waals surface area contributed by atoms with Crippen molar-refractivity contribution in [1.29, 1.82) is 0 Å². The molecule has 4 heterocycles. The summed E-state index contributed by atoms with van der Waals surface area (Å²) in [7, 11) is 3.96. The number of carbonyl (C=O) groups is 10. The van der Waals surface area contributed by atoms with Gasteiger partial charge in [0.25, 0.3) is 11.8 Å². The van der Waals surface area contributed by atoms with Gasteiger partial charge in [-0.15, -0.1) is 22.7 Å². The van der Waals surface area contributed by atoms with Crippen LogP contribution in [0.25, 0.3) is 0 Å². The Bertz CT molecular complexity index is 3550. The first-order valence-electron chi connectivity index (χ1n) is 40.4. The summed E-state index contributed by atoms with van der Waals surface area (Å²) >= 11 is 2.75. The zero-order chi connectivity index (χ0) is 81.5. The summed E-state index contributed by atoms with van der Waals surface area (Å²) in [6, 6.07) is 11.8. The van der Waals surface area contributed by atoms with Crippen molar-refractivity contribution in [2.75, 3.05) is 47.2 Å². The van der Waals surface area contributed by atoms with Crippen LogP contribution >= 0.6 is 22.7 Å². The maximum Gasteiger partial charge on any atom is 0.307 e. The van der Waals surface area contributed by atoms with Crippen LogP contribution in [0.2, 0.25) is 0 Å². The largest absolute Gasteiger partial charge is 0.508 e. The number of thiazole rings is 2. The van der Waals surface area contributed by atoms with E-state index in [0.717, 1.165) is 91.9 Å². The van der Waals surface area contributed by atoms with Crippen molar-refractivity contribution in [1.82, 2.24) is 40.2 Å². The zero-order valence-corrected chi connectivity index (χ0v) is 70.3. The highest BCUT2D eigenvalue weighted by Crippen LogP contribution is 2.36. The predicted octanol–water partition coefficient (Wildman–Crippen LogP) is 13.7. The molecule has 6 rings (SSSR count). The van der Waals surface area contributed by atoms with Crippen molar-refractivity contribution in [2.45, 2.75) is 273 Å². The van der Waals surface area contributed by atoms with E-state index in [2.05, 4.69) is 20.4 Å². The highest BCUT2D eigenvalue weighted by Gasteiger charge is 2.41. The lowest BCUT2D eigenvalue weighted by molar-refractivity contribution is -0.161. The number of benzene rings is 2. The summed E-state index contributed by atoms with van der Waals surface area (Å²) in [4.78, 5) is 150. The van der Waals surface area contributed by atoms with Crippen molar-refractivity contribution >= 4 is 81.9 Å². The molecule has 4 aromatic rings. The fraction of sp³-hybridized carbons (Fsp3) is 0.671. The lowest BCUT2D eigenvalue weighted by atomic mass is 9.82. The van der Waals surface area contributed by atoms with Gasteiger partial charge in [0.15, 0.2) is 25.0 Å². The number of aldehydes is 1. The number of phenolic OH excluding ortho intramolecular Hbond substituents is 2. The van der Waals surface area contributed by atoms with Gasteiger partial charge in [0.1, 0.15) is 35.0 Å². The number of rotatable bonds is 45. The Morgan fingerprint density at radius 3 is 1.29 bits per heavy atom. The van der Waals surface area contributed by atoms with Gasteiger partial charge in [-0.05, 0) is 163 Å². The van der Waals surface area contributed by atoms with E-state index in [1.54, 1.807) is 76.0 Å². The maximum atomic E-state index is 14.7. The molecule has 2 unspecified atom stereocenters. The van der Waals surface area contributed by atoms with Crippen LogP contribution in [0.3, 0.4) is 0 Å². The first-order valence-corrected chi connectivity index (χ1v) is 42.2. The number of nitrogens with two attached hydrogens (primary N) is 1. The van der Waals surface area contributed by atoms with Gasteiger partial charge in [0.05, 0.1) is 28.6 Å². The lowest BCUT2D eigenvalue weighted by Crippen LogP contribution is -2.50. The van der Waals surface area contributed by atoms with Crippen molar-refractivity contribution in [3.8, 4) is 11.5 Å². The Balaban J connectivity index is 0.000000394. The third-order valence-corrected chi connectivity index (χ3v) is 24.4. The van der Waals surface area contributed by atoms with Gasteiger partial charge >= 0.3 is 11.9 Å². The van der Waals surface area contributed by atoms with Crippen LogP contribution in [-0.2, 0) is 60.7 Å². The summed E-state index contributed by atoms with van der Waals surface area (Å²) < 4.78 is 11.4. The number of aromatic nitrogens is 2. The zero-order valence-electron chi connectivity index (χ0n) is 68.6. The van der Waals surface area contributed by atoms with Crippen LogP contribution in [-0.4, -0.2) is 182 Å². The molecule has 2 saturated heterocycles. The maximum absolute atomic E-state index is 14.7. The van der Waals surface area contributed by atoms with E-state index >= 15 is 0 Å². The average Bonchev–Trinajstić information content (AvgIpc) is 1.23. The number of hydrogen-bond acceptors (Lipinski definition) is 21. The van der Waals surface area contributed by atoms with Crippen LogP contribution in [0.5, 0.6) is 11.5 Å². The minimum atomic E-state index is -0.559. The molecule has 2 aromatic carbocycles. The van der Waals surface area contributed by atoms with E-state index in [0.29, 0.717) is 51.4 Å². The van der Waals surface area contributed by atoms with Gasteiger partial charge in [0, 0.05) is 96.1 Å². The van der Waals surface area contributed by atoms with Gasteiger partial charge in [0.2, 0.25) is 11.8 Å². The van der Waals surface area contributed by atoms with E-state index in [1.165, 1.54) is 22.7 Å². The van der Waals surface area contributed by atoms with E-state index in [4.69, 9.17) is 25.2 Å². The van der Waals surface area contributed by atoms with Gasteiger partial charge in [-0.25, -0.2) is 9.97 Å². The second-order valence-corrected chi connectivity index (χ2v) is 33.8. The number of aromatic hydroxyl groups is 2. The van der Waals surface area contributed by atoms with E-state index < -0.39 is 11.8 Å². The molecule has 23 nitrogen and oxygen atoms in total. The highest BCUT2D eigenvalue weighted by molar-refractivity contribution is 7.10. The predicted molar refractivity (Wildman–Crippen MR) is 432 cm³/mol. The molecule has 0 radical (unpaired) electrons. The molecular weight excluding hydrogens is 1440 g/mol. The quantitative estimate of drug-likeness (QED) is 0.0156. The SMILES string of the molecule is CCCC(=O)OCN(C(=O)[C@@H](CC(=O)[C@H]1CCCCN1C)C(C)CC)[C@H](C[C@@H](C)c1nc(C(=O)N[C@@H](Cc2ccc(O)cc2)C[C@H](C)C(=O)CN)cs1)C(C)C.CCCC(=O)OCN(C(=O)[C@@H](CC(=O)[C@H]1CCCCN1C)C(C)CC)[C@H](C[C@@H](C)c1nc(C(=O)N[C@@H](Cc2ccc(O)cc2)C[C@H](C)C=O)cs1)C(C)C. The number of ketones is 3. The average molecular weight is 1570 g/mol. The highest BCUT2D eigenvalue weighted by atomic mass is 32.1. The third-order valence-electron chi connectivity index (χ3n) is 22.3. The monoisotopic (exact) mass is 1570 g/mol.